The Morgan fingerprint density at radius 2 is 1.86 bits per heavy atom. The van der Waals surface area contributed by atoms with Crippen LogP contribution in [0.15, 0.2) is 41.3 Å². The van der Waals surface area contributed by atoms with Crippen molar-refractivity contribution in [1.82, 2.24) is 4.57 Å². The molecule has 0 saturated heterocycles. The van der Waals surface area contributed by atoms with Gasteiger partial charge in [-0.3, -0.25) is 8.98 Å². The van der Waals surface area contributed by atoms with E-state index >= 15 is 0 Å². The molecule has 1 aromatic carbocycles. The van der Waals surface area contributed by atoms with Gasteiger partial charge in [0.1, 0.15) is 17.5 Å². The van der Waals surface area contributed by atoms with E-state index in [1.165, 1.54) is 10.6 Å². The minimum atomic E-state index is -3.89. The van der Waals surface area contributed by atoms with E-state index in [1.54, 1.807) is 44.3 Å². The molecule has 1 aliphatic rings. The molecule has 0 unspecified atom stereocenters. The molecule has 8 nitrogen and oxygen atoms in total. The minimum absolute atomic E-state index is 0.0357. The zero-order valence-corrected chi connectivity index (χ0v) is 23.4. The highest BCUT2D eigenvalue weighted by atomic mass is 32.2. The monoisotopic (exact) mass is 518 g/mol. The number of hydrogen-bond donors (Lipinski definition) is 0. The summed E-state index contributed by atoms with van der Waals surface area (Å²) in [6.45, 7) is 14.5. The quantitative estimate of drug-likeness (QED) is 0.413. The van der Waals surface area contributed by atoms with Gasteiger partial charge < -0.3 is 13.7 Å². The third-order valence-corrected chi connectivity index (χ3v) is 11.8. The first-order valence-corrected chi connectivity index (χ1v) is 16.1. The molecule has 1 aliphatic heterocycles. The zero-order chi connectivity index (χ0) is 26.4. The maximum absolute atomic E-state index is 13.4. The molecule has 0 fully saturated rings. The van der Waals surface area contributed by atoms with Crippen LogP contribution in [0, 0.1) is 11.3 Å². The summed E-state index contributed by atoms with van der Waals surface area (Å²) in [6.07, 6.45) is 1.54. The van der Waals surface area contributed by atoms with Gasteiger partial charge in [0, 0.05) is 17.8 Å². The first-order valence-electron chi connectivity index (χ1n) is 11.4. The number of nitriles is 1. The molecular formula is C25H34N2O6SSi. The van der Waals surface area contributed by atoms with Crippen LogP contribution in [0.4, 0.5) is 0 Å². The lowest BCUT2D eigenvalue weighted by Crippen LogP contribution is -2.54. The van der Waals surface area contributed by atoms with Crippen LogP contribution in [0.1, 0.15) is 57.4 Å². The smallest absolute Gasteiger partial charge is 0.264 e. The highest BCUT2D eigenvalue weighted by molar-refractivity contribution is 7.86. The molecular weight excluding hydrogens is 484 g/mol. The number of nitrogens with zero attached hydrogens (tertiary/aromatic N) is 2. The van der Waals surface area contributed by atoms with Gasteiger partial charge in [-0.25, -0.2) is 0 Å². The highest BCUT2D eigenvalue weighted by Crippen LogP contribution is 2.44. The SMILES string of the molecule is CC1(C)Oc2ccc(C#N)cc2[C@@H](n2ccc(CO[Si](C)(C)C(C)(C)C)cc2=O)[C@@H]1OS(C)(=O)=O. The number of fused-ring (bicyclic) bond motifs is 1. The van der Waals surface area contributed by atoms with E-state index in [-0.39, 0.29) is 10.6 Å². The number of rotatable bonds is 6. The second kappa shape index (κ2) is 9.21. The second-order valence-electron chi connectivity index (χ2n) is 11.1. The fourth-order valence-corrected chi connectivity index (χ4v) is 5.48. The van der Waals surface area contributed by atoms with Gasteiger partial charge in [0.15, 0.2) is 8.32 Å². The molecule has 0 spiro atoms. The zero-order valence-electron chi connectivity index (χ0n) is 21.6. The molecule has 0 saturated carbocycles. The lowest BCUT2D eigenvalue weighted by Gasteiger charge is -2.44. The summed E-state index contributed by atoms with van der Waals surface area (Å²) < 4.78 is 43.6. The van der Waals surface area contributed by atoms with E-state index in [0.717, 1.165) is 11.8 Å². The molecule has 190 valence electrons. The van der Waals surface area contributed by atoms with Crippen LogP contribution in [0.5, 0.6) is 5.75 Å². The van der Waals surface area contributed by atoms with Crippen molar-refractivity contribution in [3.05, 3.63) is 63.6 Å². The topological polar surface area (TPSA) is 108 Å². The van der Waals surface area contributed by atoms with Crippen molar-refractivity contribution in [2.24, 2.45) is 0 Å². The van der Waals surface area contributed by atoms with Crippen LogP contribution >= 0.6 is 0 Å². The Balaban J connectivity index is 2.09. The van der Waals surface area contributed by atoms with E-state index in [4.69, 9.17) is 13.3 Å². The van der Waals surface area contributed by atoms with Gasteiger partial charge in [0.25, 0.3) is 15.7 Å². The van der Waals surface area contributed by atoms with Crippen molar-refractivity contribution in [3.63, 3.8) is 0 Å². The van der Waals surface area contributed by atoms with Crippen molar-refractivity contribution < 1.29 is 21.8 Å². The summed E-state index contributed by atoms with van der Waals surface area (Å²) in [7, 11) is -5.90. The molecule has 2 atom stereocenters. The summed E-state index contributed by atoms with van der Waals surface area (Å²) in [5.41, 5.74) is 0.179. The molecule has 2 heterocycles. The van der Waals surface area contributed by atoms with Gasteiger partial charge in [0.2, 0.25) is 0 Å². The Morgan fingerprint density at radius 1 is 1.20 bits per heavy atom. The van der Waals surface area contributed by atoms with E-state index in [0.29, 0.717) is 23.5 Å². The van der Waals surface area contributed by atoms with Crippen LogP contribution in [0.3, 0.4) is 0 Å². The summed E-state index contributed by atoms with van der Waals surface area (Å²) in [5, 5.41) is 9.46. The number of ether oxygens (including phenoxy) is 1. The maximum atomic E-state index is 13.4. The number of pyridine rings is 1. The molecule has 0 bridgehead atoms. The predicted octanol–water partition coefficient (Wildman–Crippen LogP) is 4.35. The molecule has 1 aromatic heterocycles. The average Bonchev–Trinajstić information content (AvgIpc) is 2.71. The van der Waals surface area contributed by atoms with Gasteiger partial charge >= 0.3 is 0 Å². The molecule has 0 aliphatic carbocycles. The summed E-state index contributed by atoms with van der Waals surface area (Å²) in [5.74, 6) is 0.463. The first-order chi connectivity index (χ1) is 15.9. The average molecular weight is 519 g/mol. The van der Waals surface area contributed by atoms with Crippen LogP contribution in [0.2, 0.25) is 18.1 Å². The molecule has 10 heteroatoms. The standard InChI is InChI=1S/C25H34N2O6SSi/c1-24(2,3)35(7,8)31-16-18-11-12-27(21(28)14-18)22-19-13-17(15-26)9-10-20(19)32-25(4,5)23(22)33-34(6,29)30/h9-14,22-23H,16H2,1-8H3/t22-,23+/m1/s1. The van der Waals surface area contributed by atoms with Crippen molar-refractivity contribution in [1.29, 1.82) is 5.26 Å². The highest BCUT2D eigenvalue weighted by Gasteiger charge is 2.48. The molecule has 0 N–H and O–H groups in total. The molecule has 2 aromatic rings. The fourth-order valence-electron chi connectivity index (χ4n) is 3.81. The minimum Gasteiger partial charge on any atom is -0.485 e. The van der Waals surface area contributed by atoms with Gasteiger partial charge in [-0.05, 0) is 61.8 Å². The number of benzene rings is 1. The Bertz CT molecular complexity index is 1320. The first kappa shape index (κ1) is 27.1. The lowest BCUT2D eigenvalue weighted by atomic mass is 9.85. The van der Waals surface area contributed by atoms with Crippen molar-refractivity contribution in [2.45, 2.75) is 77.1 Å². The van der Waals surface area contributed by atoms with E-state index in [2.05, 4.69) is 39.9 Å². The Hall–Kier alpha value is -2.45. The molecule has 3 rings (SSSR count). The fraction of sp³-hybridized carbons (Fsp3) is 0.520. The van der Waals surface area contributed by atoms with Crippen molar-refractivity contribution in [2.75, 3.05) is 6.26 Å². The van der Waals surface area contributed by atoms with Crippen LogP contribution in [-0.4, -0.2) is 39.3 Å². The molecule has 0 amide bonds. The lowest BCUT2D eigenvalue weighted by molar-refractivity contribution is -0.0463. The van der Waals surface area contributed by atoms with Gasteiger partial charge in [-0.2, -0.15) is 13.7 Å². The summed E-state index contributed by atoms with van der Waals surface area (Å²) >= 11 is 0. The second-order valence-corrected chi connectivity index (χ2v) is 17.5. The normalized spacial score (nSPS) is 20.0. The Labute approximate surface area is 208 Å². The number of hydrogen-bond acceptors (Lipinski definition) is 7. The van der Waals surface area contributed by atoms with Crippen LogP contribution < -0.4 is 10.3 Å². The summed E-state index contributed by atoms with van der Waals surface area (Å²) in [4.78, 5) is 13.4. The third-order valence-electron chi connectivity index (χ3n) is 6.80. The maximum Gasteiger partial charge on any atom is 0.264 e. The van der Waals surface area contributed by atoms with Crippen molar-refractivity contribution >= 4 is 18.4 Å². The van der Waals surface area contributed by atoms with E-state index < -0.39 is 36.2 Å². The van der Waals surface area contributed by atoms with Gasteiger partial charge in [-0.1, -0.05) is 20.8 Å². The third kappa shape index (κ3) is 5.86. The Kier molecular flexibility index (Phi) is 7.14. The van der Waals surface area contributed by atoms with E-state index in [9.17, 15) is 18.5 Å². The molecule has 35 heavy (non-hydrogen) atoms. The molecule has 0 radical (unpaired) electrons. The van der Waals surface area contributed by atoms with Crippen LogP contribution in [-0.2, 0) is 25.3 Å². The Morgan fingerprint density at radius 3 is 2.40 bits per heavy atom. The summed E-state index contributed by atoms with van der Waals surface area (Å²) in [6, 6.07) is 9.43. The largest absolute Gasteiger partial charge is 0.485 e. The van der Waals surface area contributed by atoms with Gasteiger partial charge in [-0.15, -0.1) is 0 Å². The van der Waals surface area contributed by atoms with Crippen LogP contribution in [0.25, 0.3) is 0 Å². The number of aromatic nitrogens is 1. The predicted molar refractivity (Wildman–Crippen MR) is 136 cm³/mol. The van der Waals surface area contributed by atoms with Crippen molar-refractivity contribution in [3.8, 4) is 11.8 Å². The van der Waals surface area contributed by atoms with E-state index in [1.807, 2.05) is 0 Å². The van der Waals surface area contributed by atoms with Gasteiger partial charge in [0.05, 0.1) is 30.5 Å².